The van der Waals surface area contributed by atoms with Crippen LogP contribution >= 0.6 is 0 Å². The average Bonchev–Trinajstić information content (AvgIpc) is 2.66. The van der Waals surface area contributed by atoms with Gasteiger partial charge < -0.3 is 5.73 Å². The van der Waals surface area contributed by atoms with Crippen molar-refractivity contribution in [1.29, 1.82) is 0 Å². The zero-order chi connectivity index (χ0) is 11.8. The minimum atomic E-state index is -2.68. The van der Waals surface area contributed by atoms with Crippen LogP contribution in [0.15, 0.2) is 24.3 Å². The highest BCUT2D eigenvalue weighted by atomic mass is 19.3. The number of alkyl halides is 2. The van der Waals surface area contributed by atoms with E-state index >= 15 is 0 Å². The number of rotatable bonds is 2. The topological polar surface area (TPSA) is 26.0 Å². The monoisotopic (exact) mass is 225 g/mol. The van der Waals surface area contributed by atoms with Gasteiger partial charge in [-0.1, -0.05) is 25.0 Å². The van der Waals surface area contributed by atoms with E-state index in [-0.39, 0.29) is 0 Å². The molecule has 1 fully saturated rings. The van der Waals surface area contributed by atoms with E-state index in [9.17, 15) is 8.78 Å². The van der Waals surface area contributed by atoms with Gasteiger partial charge in [0.1, 0.15) is 0 Å². The molecular weight excluding hydrogens is 208 g/mol. The van der Waals surface area contributed by atoms with Gasteiger partial charge in [0.05, 0.1) is 5.41 Å². The molecule has 1 aliphatic carbocycles. The fourth-order valence-corrected chi connectivity index (χ4v) is 2.80. The van der Waals surface area contributed by atoms with Crippen molar-refractivity contribution in [2.75, 3.05) is 5.73 Å². The molecule has 2 rings (SSSR count). The molecule has 16 heavy (non-hydrogen) atoms. The number of halogens is 2. The summed E-state index contributed by atoms with van der Waals surface area (Å²) in [6.07, 6.45) is 2.86. The van der Waals surface area contributed by atoms with E-state index < -0.39 is 11.3 Å². The van der Waals surface area contributed by atoms with Crippen molar-refractivity contribution in [3.63, 3.8) is 0 Å². The Labute approximate surface area is 94.7 Å². The van der Waals surface area contributed by atoms with Crippen LogP contribution in [0.5, 0.6) is 0 Å². The first-order chi connectivity index (χ1) is 7.46. The Kier molecular flexibility index (Phi) is 2.64. The fraction of sp³-hybridized carbons (Fsp3) is 0.538. The second-order valence-electron chi connectivity index (χ2n) is 4.80. The molecular formula is C13H17F2N. The summed E-state index contributed by atoms with van der Waals surface area (Å²) in [5.74, 6) is -2.68. The van der Waals surface area contributed by atoms with Crippen molar-refractivity contribution in [3.8, 4) is 0 Å². The summed E-state index contributed by atoms with van der Waals surface area (Å²) in [6.45, 7) is 1.03. The molecule has 0 heterocycles. The minimum Gasteiger partial charge on any atom is -0.399 e. The summed E-state index contributed by atoms with van der Waals surface area (Å²) in [6, 6.07) is 6.97. The van der Waals surface area contributed by atoms with Gasteiger partial charge in [-0.25, -0.2) is 8.78 Å². The predicted octanol–water partition coefficient (Wildman–Crippen LogP) is 3.74. The molecule has 1 saturated carbocycles. The largest absolute Gasteiger partial charge is 0.399 e. The van der Waals surface area contributed by atoms with E-state index in [0.29, 0.717) is 24.1 Å². The maximum atomic E-state index is 13.9. The Balaban J connectivity index is 2.48. The maximum Gasteiger partial charge on any atom is 0.254 e. The van der Waals surface area contributed by atoms with Gasteiger partial charge in [0.2, 0.25) is 0 Å². The molecule has 0 atom stereocenters. The quantitative estimate of drug-likeness (QED) is 0.762. The first-order valence-corrected chi connectivity index (χ1v) is 5.70. The van der Waals surface area contributed by atoms with E-state index in [1.165, 1.54) is 0 Å². The molecule has 0 aromatic heterocycles. The summed E-state index contributed by atoms with van der Waals surface area (Å²) in [7, 11) is 0. The smallest absolute Gasteiger partial charge is 0.254 e. The van der Waals surface area contributed by atoms with Crippen LogP contribution < -0.4 is 5.73 Å². The molecule has 0 amide bonds. The molecule has 1 nitrogen and oxygen atoms in total. The molecule has 3 heteroatoms. The van der Waals surface area contributed by atoms with E-state index in [2.05, 4.69) is 0 Å². The second kappa shape index (κ2) is 3.72. The van der Waals surface area contributed by atoms with Crippen LogP contribution in [0, 0.1) is 0 Å². The first-order valence-electron chi connectivity index (χ1n) is 5.70. The first kappa shape index (κ1) is 11.4. The third-order valence-corrected chi connectivity index (χ3v) is 3.74. The Bertz CT molecular complexity index is 376. The molecule has 0 radical (unpaired) electrons. The average molecular weight is 225 g/mol. The third kappa shape index (κ3) is 1.68. The van der Waals surface area contributed by atoms with E-state index in [0.717, 1.165) is 19.8 Å². The SMILES string of the molecule is CC(F)(F)C1(c2cccc(N)c2)CCCC1. The van der Waals surface area contributed by atoms with Gasteiger partial charge >= 0.3 is 0 Å². The van der Waals surface area contributed by atoms with Crippen LogP contribution in [0.25, 0.3) is 0 Å². The van der Waals surface area contributed by atoms with Gasteiger partial charge in [0.25, 0.3) is 5.92 Å². The third-order valence-electron chi connectivity index (χ3n) is 3.74. The van der Waals surface area contributed by atoms with Gasteiger partial charge in [0, 0.05) is 12.6 Å². The lowest BCUT2D eigenvalue weighted by Gasteiger charge is -2.35. The summed E-state index contributed by atoms with van der Waals surface area (Å²) in [4.78, 5) is 0. The van der Waals surface area contributed by atoms with Gasteiger partial charge in [0.15, 0.2) is 0 Å². The van der Waals surface area contributed by atoms with E-state index in [1.807, 2.05) is 0 Å². The maximum absolute atomic E-state index is 13.9. The molecule has 1 aliphatic rings. The summed E-state index contributed by atoms with van der Waals surface area (Å²) >= 11 is 0. The van der Waals surface area contributed by atoms with E-state index in [4.69, 9.17) is 5.73 Å². The molecule has 0 saturated heterocycles. The molecule has 0 unspecified atom stereocenters. The fourth-order valence-electron chi connectivity index (χ4n) is 2.80. The molecule has 2 N–H and O–H groups in total. The number of benzene rings is 1. The van der Waals surface area contributed by atoms with Crippen LogP contribution in [-0.2, 0) is 5.41 Å². The molecule has 0 spiro atoms. The lowest BCUT2D eigenvalue weighted by atomic mass is 9.74. The summed E-state index contributed by atoms with van der Waals surface area (Å²) < 4.78 is 27.7. The van der Waals surface area contributed by atoms with Crippen molar-refractivity contribution in [3.05, 3.63) is 29.8 Å². The normalized spacial score (nSPS) is 19.9. The molecule has 0 aliphatic heterocycles. The lowest BCUT2D eigenvalue weighted by molar-refractivity contribution is -0.0599. The number of nitrogen functional groups attached to an aromatic ring is 1. The van der Waals surface area contributed by atoms with Crippen LogP contribution in [0.2, 0.25) is 0 Å². The molecule has 1 aromatic carbocycles. The highest BCUT2D eigenvalue weighted by molar-refractivity contribution is 5.44. The zero-order valence-corrected chi connectivity index (χ0v) is 9.47. The molecule has 1 aromatic rings. The Morgan fingerprint density at radius 3 is 2.38 bits per heavy atom. The zero-order valence-electron chi connectivity index (χ0n) is 9.47. The Hall–Kier alpha value is -1.12. The standard InChI is InChI=1S/C13H17F2N/c1-12(14,15)13(7-2-3-8-13)10-5-4-6-11(16)9-10/h4-6,9H,2-3,7-8,16H2,1H3. The Morgan fingerprint density at radius 2 is 1.88 bits per heavy atom. The minimum absolute atomic E-state index is 0.556. The van der Waals surface area contributed by atoms with Crippen molar-refractivity contribution in [1.82, 2.24) is 0 Å². The summed E-state index contributed by atoms with van der Waals surface area (Å²) in [5, 5.41) is 0. The second-order valence-corrected chi connectivity index (χ2v) is 4.80. The van der Waals surface area contributed by atoms with Gasteiger partial charge in [-0.15, -0.1) is 0 Å². The van der Waals surface area contributed by atoms with Crippen molar-refractivity contribution >= 4 is 5.69 Å². The van der Waals surface area contributed by atoms with Gasteiger partial charge in [-0.3, -0.25) is 0 Å². The van der Waals surface area contributed by atoms with Gasteiger partial charge in [-0.05, 0) is 30.5 Å². The number of anilines is 1. The number of hydrogen-bond acceptors (Lipinski definition) is 1. The summed E-state index contributed by atoms with van der Waals surface area (Å²) in [5.41, 5.74) is 5.94. The van der Waals surface area contributed by atoms with Crippen LogP contribution in [0.1, 0.15) is 38.2 Å². The number of hydrogen-bond donors (Lipinski definition) is 1. The van der Waals surface area contributed by atoms with Crippen molar-refractivity contribution in [2.45, 2.75) is 43.9 Å². The van der Waals surface area contributed by atoms with Gasteiger partial charge in [-0.2, -0.15) is 0 Å². The van der Waals surface area contributed by atoms with Crippen LogP contribution in [-0.4, -0.2) is 5.92 Å². The lowest BCUT2D eigenvalue weighted by Crippen LogP contribution is -2.40. The highest BCUT2D eigenvalue weighted by Crippen LogP contribution is 2.51. The highest BCUT2D eigenvalue weighted by Gasteiger charge is 2.52. The molecule has 0 bridgehead atoms. The van der Waals surface area contributed by atoms with Crippen LogP contribution in [0.3, 0.4) is 0 Å². The predicted molar refractivity (Wildman–Crippen MR) is 61.6 cm³/mol. The number of nitrogens with two attached hydrogens (primary N) is 1. The Morgan fingerprint density at radius 1 is 1.25 bits per heavy atom. The van der Waals surface area contributed by atoms with E-state index in [1.54, 1.807) is 24.3 Å². The van der Waals surface area contributed by atoms with Crippen molar-refractivity contribution < 1.29 is 8.78 Å². The molecule has 88 valence electrons. The van der Waals surface area contributed by atoms with Crippen LogP contribution in [0.4, 0.5) is 14.5 Å². The van der Waals surface area contributed by atoms with Crippen molar-refractivity contribution in [2.24, 2.45) is 0 Å².